The van der Waals surface area contributed by atoms with Crippen LogP contribution in [0.4, 0.5) is 5.69 Å². The van der Waals surface area contributed by atoms with Gasteiger partial charge in [0.25, 0.3) is 0 Å². The smallest absolute Gasteiger partial charge is 0.207 e. The minimum absolute atomic E-state index is 0.300. The van der Waals surface area contributed by atoms with Crippen LogP contribution in [-0.4, -0.2) is 23.5 Å². The van der Waals surface area contributed by atoms with Crippen LogP contribution in [0.2, 0.25) is 0 Å². The zero-order chi connectivity index (χ0) is 24.6. The molecular formula is C27H26N4O2S. The molecule has 0 spiro atoms. The van der Waals surface area contributed by atoms with E-state index in [2.05, 4.69) is 34.3 Å². The van der Waals surface area contributed by atoms with Gasteiger partial charge in [-0.2, -0.15) is 5.26 Å². The number of phenols is 1. The molecule has 0 fully saturated rings. The Morgan fingerprint density at radius 2 is 1.79 bits per heavy atom. The fraction of sp³-hybridized carbons (Fsp3) is 0.0741. The van der Waals surface area contributed by atoms with Crippen molar-refractivity contribution < 1.29 is 9.90 Å². The molecule has 1 heterocycles. The first kappa shape index (κ1) is 26.0. The number of nitrogens with one attached hydrogen (secondary N) is 2. The molecule has 0 saturated carbocycles. The van der Waals surface area contributed by atoms with Crippen molar-refractivity contribution in [2.45, 2.75) is 11.4 Å². The molecule has 0 aliphatic heterocycles. The molecule has 4 rings (SSSR count). The molecule has 172 valence electrons. The van der Waals surface area contributed by atoms with Crippen LogP contribution in [0, 0.1) is 11.3 Å². The van der Waals surface area contributed by atoms with Gasteiger partial charge < -0.3 is 15.7 Å². The van der Waals surface area contributed by atoms with E-state index in [0.717, 1.165) is 27.3 Å². The van der Waals surface area contributed by atoms with E-state index in [1.807, 2.05) is 73.8 Å². The van der Waals surface area contributed by atoms with E-state index < -0.39 is 0 Å². The number of phenolic OH excluding ortho intramolecular Hbond substituents is 1. The molecule has 6 nitrogen and oxygen atoms in total. The minimum atomic E-state index is 0.300. The van der Waals surface area contributed by atoms with E-state index in [-0.39, 0.29) is 0 Å². The molecule has 0 aliphatic carbocycles. The van der Waals surface area contributed by atoms with Crippen molar-refractivity contribution in [1.29, 1.82) is 5.26 Å². The Balaban J connectivity index is 0.000000189. The van der Waals surface area contributed by atoms with Crippen molar-refractivity contribution in [2.75, 3.05) is 12.4 Å². The number of benzene rings is 3. The van der Waals surface area contributed by atoms with Crippen molar-refractivity contribution in [3.63, 3.8) is 0 Å². The maximum Gasteiger partial charge on any atom is 0.207 e. The number of hydrogen-bond donors (Lipinski definition) is 4. The molecule has 3 aromatic carbocycles. The van der Waals surface area contributed by atoms with Crippen molar-refractivity contribution in [3.8, 4) is 22.9 Å². The van der Waals surface area contributed by atoms with E-state index >= 15 is 0 Å². The third kappa shape index (κ3) is 9.07. The number of hydrogen-bond acceptors (Lipinski definition) is 6. The lowest BCUT2D eigenvalue weighted by Crippen LogP contribution is -2.09. The minimum Gasteiger partial charge on any atom is -0.508 e. The number of aromatic hydroxyl groups is 1. The number of carbonyl (C=O) groups is 1. The van der Waals surface area contributed by atoms with Crippen molar-refractivity contribution in [3.05, 3.63) is 108 Å². The lowest BCUT2D eigenvalue weighted by atomic mass is 10.0. The van der Waals surface area contributed by atoms with Crippen molar-refractivity contribution in [2.24, 2.45) is 0 Å². The van der Waals surface area contributed by atoms with E-state index in [9.17, 15) is 4.79 Å². The highest BCUT2D eigenvalue weighted by Gasteiger charge is 2.01. The maximum absolute atomic E-state index is 9.85. The number of nitriles is 1. The van der Waals surface area contributed by atoms with Crippen molar-refractivity contribution >= 4 is 24.7 Å². The van der Waals surface area contributed by atoms with Crippen LogP contribution in [0.25, 0.3) is 11.1 Å². The van der Waals surface area contributed by atoms with Crippen LogP contribution in [0.1, 0.15) is 11.1 Å². The van der Waals surface area contributed by atoms with Gasteiger partial charge in [-0.15, -0.1) is 12.6 Å². The number of anilines is 1. The molecule has 0 aliphatic rings. The van der Waals surface area contributed by atoms with E-state index in [1.54, 1.807) is 30.6 Å². The Bertz CT molecular complexity index is 1190. The second-order valence-corrected chi connectivity index (χ2v) is 7.35. The Kier molecular flexibility index (Phi) is 11.2. The molecule has 34 heavy (non-hydrogen) atoms. The number of carbonyl (C=O) groups excluding carboxylic acids is 1. The van der Waals surface area contributed by atoms with Gasteiger partial charge >= 0.3 is 0 Å². The average molecular weight is 471 g/mol. The van der Waals surface area contributed by atoms with Crippen LogP contribution in [-0.2, 0) is 11.3 Å². The third-order valence-corrected chi connectivity index (χ3v) is 4.86. The first-order valence-electron chi connectivity index (χ1n) is 10.4. The quantitative estimate of drug-likeness (QED) is 0.181. The summed E-state index contributed by atoms with van der Waals surface area (Å²) in [5.41, 5.74) is 4.77. The van der Waals surface area contributed by atoms with Gasteiger partial charge in [0.05, 0.1) is 11.6 Å². The fourth-order valence-electron chi connectivity index (χ4n) is 2.76. The van der Waals surface area contributed by atoms with Gasteiger partial charge in [0, 0.05) is 36.6 Å². The number of pyridine rings is 1. The standard InChI is InChI=1S/C13H9NS.C7H8N2O.C7H9NO/c14-9-10-4-3-5-11(8-10)12-6-1-2-7-13(12)15;10-6-9-5-7-2-1-3-8-4-7;1-8-6-2-4-7(9)5-3-6/h1-8,15H;1-4,6H,5H2,(H,9,10);2-5,8-9H,1H3. The molecule has 0 saturated heterocycles. The first-order valence-corrected chi connectivity index (χ1v) is 10.8. The van der Waals surface area contributed by atoms with Crippen LogP contribution < -0.4 is 10.6 Å². The summed E-state index contributed by atoms with van der Waals surface area (Å²) < 4.78 is 0. The number of amides is 1. The molecule has 0 atom stereocenters. The Morgan fingerprint density at radius 1 is 1.03 bits per heavy atom. The molecular weight excluding hydrogens is 444 g/mol. The molecule has 1 amide bonds. The maximum atomic E-state index is 9.85. The predicted octanol–water partition coefficient (Wildman–Crippen LogP) is 5.28. The summed E-state index contributed by atoms with van der Waals surface area (Å²) in [6.07, 6.45) is 4.09. The van der Waals surface area contributed by atoms with Gasteiger partial charge in [-0.25, -0.2) is 0 Å². The summed E-state index contributed by atoms with van der Waals surface area (Å²) in [5.74, 6) is 0.300. The average Bonchev–Trinajstić information content (AvgIpc) is 2.89. The van der Waals surface area contributed by atoms with Crippen LogP contribution >= 0.6 is 12.6 Å². The monoisotopic (exact) mass is 470 g/mol. The summed E-state index contributed by atoms with van der Waals surface area (Å²) in [4.78, 5) is 14.7. The Labute approximate surface area is 205 Å². The topological polar surface area (TPSA) is 98.0 Å². The second-order valence-electron chi connectivity index (χ2n) is 6.87. The number of thiol groups is 1. The van der Waals surface area contributed by atoms with Gasteiger partial charge in [0.15, 0.2) is 0 Å². The molecule has 0 bridgehead atoms. The Morgan fingerprint density at radius 3 is 2.41 bits per heavy atom. The van der Waals surface area contributed by atoms with Gasteiger partial charge in [0.1, 0.15) is 5.75 Å². The summed E-state index contributed by atoms with van der Waals surface area (Å²) in [6, 6.07) is 28.2. The highest BCUT2D eigenvalue weighted by atomic mass is 32.1. The molecule has 1 aromatic heterocycles. The number of aromatic nitrogens is 1. The van der Waals surface area contributed by atoms with Gasteiger partial charge in [-0.1, -0.05) is 36.4 Å². The van der Waals surface area contributed by atoms with E-state index in [0.29, 0.717) is 24.3 Å². The predicted molar refractivity (Wildman–Crippen MR) is 139 cm³/mol. The van der Waals surface area contributed by atoms with Gasteiger partial charge in [-0.05, 0) is 65.2 Å². The third-order valence-electron chi connectivity index (χ3n) is 4.48. The normalized spacial score (nSPS) is 9.21. The SMILES string of the molecule is CNc1ccc(O)cc1.N#Cc1cccc(-c2ccccc2S)c1.O=CNCc1cccnc1. The van der Waals surface area contributed by atoms with Crippen LogP contribution in [0.15, 0.2) is 102 Å². The largest absolute Gasteiger partial charge is 0.508 e. The highest BCUT2D eigenvalue weighted by Crippen LogP contribution is 2.26. The second kappa shape index (κ2) is 14.7. The summed E-state index contributed by atoms with van der Waals surface area (Å²) in [6.45, 7) is 0.553. The summed E-state index contributed by atoms with van der Waals surface area (Å²) >= 11 is 4.39. The molecule has 4 aromatic rings. The number of rotatable bonds is 5. The fourth-order valence-corrected chi connectivity index (χ4v) is 3.05. The molecule has 0 unspecified atom stereocenters. The Hall–Kier alpha value is -4.28. The molecule has 7 heteroatoms. The van der Waals surface area contributed by atoms with Crippen LogP contribution in [0.5, 0.6) is 5.75 Å². The first-order chi connectivity index (χ1) is 16.6. The zero-order valence-electron chi connectivity index (χ0n) is 18.7. The summed E-state index contributed by atoms with van der Waals surface area (Å²) in [5, 5.41) is 23.1. The number of nitrogens with zero attached hydrogens (tertiary/aromatic N) is 2. The zero-order valence-corrected chi connectivity index (χ0v) is 19.6. The highest BCUT2D eigenvalue weighted by molar-refractivity contribution is 7.80. The van der Waals surface area contributed by atoms with E-state index in [1.165, 1.54) is 0 Å². The lowest BCUT2D eigenvalue weighted by Gasteiger charge is -2.04. The van der Waals surface area contributed by atoms with Crippen molar-refractivity contribution in [1.82, 2.24) is 10.3 Å². The van der Waals surface area contributed by atoms with Gasteiger partial charge in [-0.3, -0.25) is 9.78 Å². The lowest BCUT2D eigenvalue weighted by molar-refractivity contribution is -0.109. The molecule has 3 N–H and O–H groups in total. The van der Waals surface area contributed by atoms with Gasteiger partial charge in [0.2, 0.25) is 6.41 Å². The summed E-state index contributed by atoms with van der Waals surface area (Å²) in [7, 11) is 1.84. The van der Waals surface area contributed by atoms with E-state index in [4.69, 9.17) is 10.4 Å². The van der Waals surface area contributed by atoms with Crippen LogP contribution in [0.3, 0.4) is 0 Å². The molecule has 0 radical (unpaired) electrons.